The summed E-state index contributed by atoms with van der Waals surface area (Å²) in [5.74, 6) is 1.40. The van der Waals surface area contributed by atoms with Crippen molar-refractivity contribution in [1.82, 2.24) is 20.2 Å². The van der Waals surface area contributed by atoms with E-state index in [1.54, 1.807) is 12.1 Å². The van der Waals surface area contributed by atoms with Crippen molar-refractivity contribution >= 4 is 21.1 Å². The molecule has 1 aromatic heterocycles. The molecule has 0 fully saturated rings. The summed E-state index contributed by atoms with van der Waals surface area (Å²) >= 11 is 0. The molecule has 0 amide bonds. The summed E-state index contributed by atoms with van der Waals surface area (Å²) in [5, 5.41) is 0. The number of hydrogen-bond acceptors (Lipinski definition) is 5. The third-order valence-corrected chi connectivity index (χ3v) is 4.81. The highest BCUT2D eigenvalue weighted by Crippen LogP contribution is 2.15. The Bertz CT molecular complexity index is 887. The molecule has 0 atom stereocenters. The molecule has 0 aliphatic carbocycles. The molecule has 7 nitrogen and oxygen atoms in total. The second kappa shape index (κ2) is 7.00. The first-order valence-corrected chi connectivity index (χ1v) is 8.89. The summed E-state index contributed by atoms with van der Waals surface area (Å²) in [5.41, 5.74) is 4.58. The predicted octanol–water partition coefficient (Wildman–Crippen LogP) is 1.60. The van der Waals surface area contributed by atoms with Crippen molar-refractivity contribution in [3.63, 3.8) is 0 Å². The van der Waals surface area contributed by atoms with Crippen LogP contribution in [0.1, 0.15) is 5.82 Å². The second-order valence-electron chi connectivity index (χ2n) is 5.16. The Morgan fingerprint density at radius 1 is 1.12 bits per heavy atom. The van der Waals surface area contributed by atoms with Crippen molar-refractivity contribution in [1.29, 1.82) is 0 Å². The van der Waals surface area contributed by atoms with Gasteiger partial charge in [-0.25, -0.2) is 18.8 Å². The smallest absolute Gasteiger partial charge is 0.253 e. The van der Waals surface area contributed by atoms with Crippen LogP contribution < -0.4 is 15.0 Å². The topological polar surface area (TPSA) is 96.1 Å². The molecule has 0 saturated heterocycles. The van der Waals surface area contributed by atoms with Crippen molar-refractivity contribution < 1.29 is 13.2 Å². The van der Waals surface area contributed by atoms with E-state index in [0.29, 0.717) is 18.7 Å². The largest absolute Gasteiger partial charge is 0.497 e. The van der Waals surface area contributed by atoms with Gasteiger partial charge in [0.1, 0.15) is 11.6 Å². The van der Waals surface area contributed by atoms with E-state index < -0.39 is 10.0 Å². The Labute approximate surface area is 140 Å². The molecule has 24 heavy (non-hydrogen) atoms. The molecule has 1 heterocycles. The number of aromatic amines is 1. The molecule has 0 spiro atoms. The maximum atomic E-state index is 12.1. The molecule has 2 aromatic carbocycles. The molecule has 0 aliphatic rings. The summed E-state index contributed by atoms with van der Waals surface area (Å²) in [7, 11) is -2.08. The number of ether oxygens (including phenoxy) is 1. The van der Waals surface area contributed by atoms with Crippen LogP contribution in [0.25, 0.3) is 11.0 Å². The monoisotopic (exact) mass is 346 g/mol. The Morgan fingerprint density at radius 3 is 2.58 bits per heavy atom. The van der Waals surface area contributed by atoms with Gasteiger partial charge in [0, 0.05) is 13.0 Å². The fourth-order valence-corrected chi connectivity index (χ4v) is 3.17. The van der Waals surface area contributed by atoms with Gasteiger partial charge in [-0.05, 0) is 36.4 Å². The van der Waals surface area contributed by atoms with E-state index in [9.17, 15) is 8.42 Å². The summed E-state index contributed by atoms with van der Waals surface area (Å²) < 4.78 is 29.3. The van der Waals surface area contributed by atoms with E-state index in [2.05, 4.69) is 20.2 Å². The lowest BCUT2D eigenvalue weighted by Gasteiger charge is -2.08. The highest BCUT2D eigenvalue weighted by molar-refractivity contribution is 7.89. The number of imidazole rings is 1. The van der Waals surface area contributed by atoms with Crippen molar-refractivity contribution in [2.45, 2.75) is 11.3 Å². The molecule has 8 heteroatoms. The highest BCUT2D eigenvalue weighted by atomic mass is 32.2. The zero-order chi connectivity index (χ0) is 17.0. The van der Waals surface area contributed by atoms with E-state index in [0.717, 1.165) is 16.9 Å². The van der Waals surface area contributed by atoms with E-state index >= 15 is 0 Å². The Balaban J connectivity index is 1.54. The van der Waals surface area contributed by atoms with E-state index in [4.69, 9.17) is 4.74 Å². The van der Waals surface area contributed by atoms with Crippen molar-refractivity contribution in [2.24, 2.45) is 0 Å². The van der Waals surface area contributed by atoms with Crippen LogP contribution in [-0.4, -0.2) is 32.0 Å². The maximum Gasteiger partial charge on any atom is 0.253 e. The van der Waals surface area contributed by atoms with Gasteiger partial charge in [0.2, 0.25) is 0 Å². The summed E-state index contributed by atoms with van der Waals surface area (Å²) in [4.78, 5) is 10.2. The van der Waals surface area contributed by atoms with Gasteiger partial charge in [-0.3, -0.25) is 0 Å². The number of para-hydroxylation sites is 2. The molecule has 0 unspecified atom stereocenters. The molecular formula is C16H18N4O3S. The molecule has 0 aliphatic heterocycles. The SMILES string of the molecule is COc1ccc(S(=O)(=O)NNCCc2nc3ccccc3[nH]2)cc1. The van der Waals surface area contributed by atoms with Gasteiger partial charge in [-0.1, -0.05) is 12.1 Å². The van der Waals surface area contributed by atoms with Crippen LogP contribution in [0.15, 0.2) is 53.4 Å². The average molecular weight is 346 g/mol. The minimum Gasteiger partial charge on any atom is -0.497 e. The van der Waals surface area contributed by atoms with E-state index in [-0.39, 0.29) is 4.90 Å². The number of nitrogens with zero attached hydrogens (tertiary/aromatic N) is 1. The number of hydrogen-bond donors (Lipinski definition) is 3. The number of rotatable bonds is 7. The van der Waals surface area contributed by atoms with Crippen LogP contribution in [0.5, 0.6) is 5.75 Å². The molecule has 3 aromatic rings. The Hall–Kier alpha value is -2.42. The lowest BCUT2D eigenvalue weighted by atomic mass is 10.3. The van der Waals surface area contributed by atoms with Crippen LogP contribution in [0.3, 0.4) is 0 Å². The molecule has 126 valence electrons. The lowest BCUT2D eigenvalue weighted by Crippen LogP contribution is -2.38. The van der Waals surface area contributed by atoms with E-state index in [1.807, 2.05) is 24.3 Å². The van der Waals surface area contributed by atoms with E-state index in [1.165, 1.54) is 19.2 Å². The summed E-state index contributed by atoms with van der Waals surface area (Å²) in [6, 6.07) is 13.9. The van der Waals surface area contributed by atoms with Gasteiger partial charge in [-0.2, -0.15) is 0 Å². The first kappa shape index (κ1) is 16.4. The molecule has 3 rings (SSSR count). The van der Waals surface area contributed by atoms with Crippen LogP contribution in [-0.2, 0) is 16.4 Å². The third-order valence-electron chi connectivity index (χ3n) is 3.50. The molecular weight excluding hydrogens is 328 g/mol. The first-order valence-electron chi connectivity index (χ1n) is 7.41. The number of aromatic nitrogens is 2. The van der Waals surface area contributed by atoms with Gasteiger partial charge in [0.15, 0.2) is 0 Å². The predicted molar refractivity (Wildman–Crippen MR) is 91.1 cm³/mol. The second-order valence-corrected chi connectivity index (χ2v) is 6.84. The van der Waals surface area contributed by atoms with Crippen LogP contribution in [0, 0.1) is 0 Å². The normalized spacial score (nSPS) is 11.7. The number of hydrazine groups is 1. The number of fused-ring (bicyclic) bond motifs is 1. The first-order chi connectivity index (χ1) is 11.6. The van der Waals surface area contributed by atoms with Gasteiger partial charge >= 0.3 is 0 Å². The molecule has 0 saturated carbocycles. The quantitative estimate of drug-likeness (QED) is 0.446. The van der Waals surface area contributed by atoms with Crippen molar-refractivity contribution in [3.8, 4) is 5.75 Å². The lowest BCUT2D eigenvalue weighted by molar-refractivity contribution is 0.414. The van der Waals surface area contributed by atoms with Crippen LogP contribution >= 0.6 is 0 Å². The number of methoxy groups -OCH3 is 1. The average Bonchev–Trinajstić information content (AvgIpc) is 3.01. The fraction of sp³-hybridized carbons (Fsp3) is 0.188. The Kier molecular flexibility index (Phi) is 4.79. The zero-order valence-corrected chi connectivity index (χ0v) is 13.9. The summed E-state index contributed by atoms with van der Waals surface area (Å²) in [6.45, 7) is 0.412. The van der Waals surface area contributed by atoms with Gasteiger partial charge in [0.25, 0.3) is 10.0 Å². The highest BCUT2D eigenvalue weighted by Gasteiger charge is 2.13. The number of nitrogens with one attached hydrogen (secondary N) is 3. The fourth-order valence-electron chi connectivity index (χ4n) is 2.26. The van der Waals surface area contributed by atoms with Gasteiger partial charge in [-0.15, -0.1) is 4.83 Å². The van der Waals surface area contributed by atoms with Crippen LogP contribution in [0.4, 0.5) is 0 Å². The standard InChI is InChI=1S/C16H18N4O3S/c1-23-12-6-8-13(9-7-12)24(21,22)20-17-11-10-16-18-14-4-2-3-5-15(14)19-16/h2-9,17,20H,10-11H2,1H3,(H,18,19). The molecule has 3 N–H and O–H groups in total. The zero-order valence-electron chi connectivity index (χ0n) is 13.1. The minimum absolute atomic E-state index is 0.166. The Morgan fingerprint density at radius 2 is 1.88 bits per heavy atom. The van der Waals surface area contributed by atoms with Gasteiger partial charge < -0.3 is 9.72 Å². The maximum absolute atomic E-state index is 12.1. The number of benzene rings is 2. The third kappa shape index (κ3) is 3.73. The van der Waals surface area contributed by atoms with Gasteiger partial charge in [0.05, 0.1) is 23.0 Å². The number of H-pyrrole nitrogens is 1. The summed E-state index contributed by atoms with van der Waals surface area (Å²) in [6.07, 6.45) is 0.569. The molecule has 0 bridgehead atoms. The number of sulfonamides is 1. The minimum atomic E-state index is -3.61. The van der Waals surface area contributed by atoms with Crippen molar-refractivity contribution in [3.05, 3.63) is 54.4 Å². The van der Waals surface area contributed by atoms with Crippen molar-refractivity contribution in [2.75, 3.05) is 13.7 Å². The van der Waals surface area contributed by atoms with Crippen LogP contribution in [0.2, 0.25) is 0 Å². The molecule has 0 radical (unpaired) electrons.